The molecular formula is C8H18Cl2CoN2O6. The number of rotatable bonds is 6. The molecule has 0 aliphatic rings. The zero-order valence-corrected chi connectivity index (χ0v) is 12.5. The van der Waals surface area contributed by atoms with Gasteiger partial charge in [-0.25, -0.2) is 9.59 Å². The minimum Gasteiger partial charge on any atom is -0.450 e. The number of alkyl halides is 2. The van der Waals surface area contributed by atoms with Crippen molar-refractivity contribution < 1.29 is 46.8 Å². The Morgan fingerprint density at radius 3 is 1.32 bits per heavy atom. The average Bonchev–Trinajstić information content (AvgIpc) is 2.17. The van der Waals surface area contributed by atoms with Crippen LogP contribution in [0.3, 0.4) is 0 Å². The molecule has 0 saturated heterocycles. The number of hydrogen-bond donors (Lipinski definition) is 5. The van der Waals surface area contributed by atoms with Gasteiger partial charge in [0.05, 0.1) is 0 Å². The molecule has 0 aromatic heterocycles. The second-order valence-corrected chi connectivity index (χ2v) is 3.33. The van der Waals surface area contributed by atoms with Crippen LogP contribution >= 0.6 is 23.2 Å². The summed E-state index contributed by atoms with van der Waals surface area (Å²) in [5, 5.41) is 27.9. The number of nitrogens with zero attached hydrogens (tertiary/aromatic N) is 1. The molecule has 0 amide bonds. The van der Waals surface area contributed by atoms with Crippen molar-refractivity contribution in [2.75, 3.05) is 37.9 Å². The molecule has 8 nitrogen and oxygen atoms in total. The first kappa shape index (κ1) is 27.0. The summed E-state index contributed by atoms with van der Waals surface area (Å²) >= 11 is 11.1. The normalized spacial score (nSPS) is 8.21. The van der Waals surface area contributed by atoms with Gasteiger partial charge in [0.1, 0.15) is 0 Å². The maximum absolute atomic E-state index is 8.56. The van der Waals surface area contributed by atoms with Crippen LogP contribution in [-0.2, 0) is 16.8 Å². The van der Waals surface area contributed by atoms with Crippen LogP contribution in [0.25, 0.3) is 0 Å². The van der Waals surface area contributed by atoms with Gasteiger partial charge in [0.25, 0.3) is 0 Å². The Morgan fingerprint density at radius 2 is 1.16 bits per heavy atom. The molecule has 0 fully saturated rings. The van der Waals surface area contributed by atoms with E-state index in [9.17, 15) is 0 Å². The zero-order chi connectivity index (χ0) is 15.0. The standard InChI is InChI=1S/C6H14Cl2N2.2CH2O3.Co/c7-1-4-10(5-2-8)6-3-9;2*2-1(3)4;/h1-6,9H2;2*(H2,2,3,4);. The summed E-state index contributed by atoms with van der Waals surface area (Å²) in [5.74, 6) is 1.30. The molecule has 0 aromatic rings. The summed E-state index contributed by atoms with van der Waals surface area (Å²) in [5.41, 5.74) is 5.36. The van der Waals surface area contributed by atoms with E-state index < -0.39 is 12.3 Å². The fraction of sp³-hybridized carbons (Fsp3) is 0.750. The van der Waals surface area contributed by atoms with Crippen LogP contribution in [0.2, 0.25) is 0 Å². The fourth-order valence-electron chi connectivity index (χ4n) is 0.757. The molecule has 0 atom stereocenters. The molecule has 11 heteroatoms. The molecule has 0 unspecified atom stereocenters. The first-order valence-corrected chi connectivity index (χ1v) is 5.76. The molecule has 0 saturated carbocycles. The largest absolute Gasteiger partial charge is 0.503 e. The Bertz CT molecular complexity index is 179. The van der Waals surface area contributed by atoms with Crippen molar-refractivity contribution in [3.8, 4) is 0 Å². The molecule has 0 bridgehead atoms. The molecule has 1 radical (unpaired) electrons. The Morgan fingerprint density at radius 1 is 0.895 bits per heavy atom. The van der Waals surface area contributed by atoms with E-state index in [1.54, 1.807) is 0 Å². The van der Waals surface area contributed by atoms with Crippen molar-refractivity contribution in [1.82, 2.24) is 4.90 Å². The molecule has 19 heavy (non-hydrogen) atoms. The Hall–Kier alpha value is -0.454. The molecule has 6 N–H and O–H groups in total. The van der Waals surface area contributed by atoms with E-state index in [2.05, 4.69) is 4.90 Å². The third-order valence-electron chi connectivity index (χ3n) is 1.25. The van der Waals surface area contributed by atoms with Crippen LogP contribution in [0.1, 0.15) is 0 Å². The van der Waals surface area contributed by atoms with Gasteiger partial charge in [-0.1, -0.05) is 0 Å². The fourth-order valence-corrected chi connectivity index (χ4v) is 1.24. The predicted octanol–water partition coefficient (Wildman–Crippen LogP) is 1.17. The SMILES string of the molecule is NCCN(CCCl)CCCl.O=C(O)O.O=C(O)O.[Co]. The van der Waals surface area contributed by atoms with Gasteiger partial charge in [-0.15, -0.1) is 23.2 Å². The van der Waals surface area contributed by atoms with Crippen LogP contribution in [0.5, 0.6) is 0 Å². The zero-order valence-electron chi connectivity index (χ0n) is 9.96. The maximum Gasteiger partial charge on any atom is 0.503 e. The molecule has 0 aromatic carbocycles. The van der Waals surface area contributed by atoms with E-state index in [4.69, 9.17) is 59.0 Å². The minimum absolute atomic E-state index is 0. The van der Waals surface area contributed by atoms with Crippen LogP contribution in [-0.4, -0.2) is 75.6 Å². The van der Waals surface area contributed by atoms with Crippen LogP contribution in [0.4, 0.5) is 9.59 Å². The molecule has 0 aliphatic heterocycles. The summed E-state index contributed by atoms with van der Waals surface area (Å²) in [4.78, 5) is 19.3. The van der Waals surface area contributed by atoms with E-state index in [0.29, 0.717) is 18.3 Å². The number of halogens is 2. The summed E-state index contributed by atoms with van der Waals surface area (Å²) in [6.07, 6.45) is -3.67. The van der Waals surface area contributed by atoms with Gasteiger partial charge in [0.2, 0.25) is 0 Å². The van der Waals surface area contributed by atoms with Crippen LogP contribution in [0, 0.1) is 0 Å². The van der Waals surface area contributed by atoms with Crippen molar-refractivity contribution in [2.24, 2.45) is 5.73 Å². The van der Waals surface area contributed by atoms with Gasteiger partial charge in [0, 0.05) is 54.7 Å². The topological polar surface area (TPSA) is 144 Å². The van der Waals surface area contributed by atoms with Crippen molar-refractivity contribution in [1.29, 1.82) is 0 Å². The molecule has 0 rings (SSSR count). The quantitative estimate of drug-likeness (QED) is 0.440. The van der Waals surface area contributed by atoms with Gasteiger partial charge < -0.3 is 26.2 Å². The van der Waals surface area contributed by atoms with E-state index in [-0.39, 0.29) is 16.8 Å². The maximum atomic E-state index is 8.56. The molecule has 119 valence electrons. The Labute approximate surface area is 131 Å². The average molecular weight is 368 g/mol. The van der Waals surface area contributed by atoms with E-state index in [0.717, 1.165) is 19.6 Å². The van der Waals surface area contributed by atoms with E-state index in [1.165, 1.54) is 0 Å². The first-order chi connectivity index (χ1) is 8.31. The smallest absolute Gasteiger partial charge is 0.450 e. The van der Waals surface area contributed by atoms with Gasteiger partial charge in [-0.3, -0.25) is 4.90 Å². The minimum atomic E-state index is -1.83. The second kappa shape index (κ2) is 22.7. The second-order valence-electron chi connectivity index (χ2n) is 2.57. The summed E-state index contributed by atoms with van der Waals surface area (Å²) in [6.45, 7) is 3.32. The van der Waals surface area contributed by atoms with Crippen molar-refractivity contribution >= 4 is 35.5 Å². The third-order valence-corrected chi connectivity index (χ3v) is 1.58. The summed E-state index contributed by atoms with van der Waals surface area (Å²) in [7, 11) is 0. The summed E-state index contributed by atoms with van der Waals surface area (Å²) < 4.78 is 0. The van der Waals surface area contributed by atoms with Crippen LogP contribution < -0.4 is 5.73 Å². The third kappa shape index (κ3) is 58.1. The van der Waals surface area contributed by atoms with Crippen molar-refractivity contribution in [3.63, 3.8) is 0 Å². The van der Waals surface area contributed by atoms with E-state index >= 15 is 0 Å². The van der Waals surface area contributed by atoms with Gasteiger partial charge in [0.15, 0.2) is 0 Å². The van der Waals surface area contributed by atoms with Gasteiger partial charge >= 0.3 is 12.3 Å². The number of carbonyl (C=O) groups is 2. The van der Waals surface area contributed by atoms with Gasteiger partial charge in [-0.05, 0) is 0 Å². The predicted molar refractivity (Wildman–Crippen MR) is 68.2 cm³/mol. The number of nitrogens with two attached hydrogens (primary N) is 1. The Balaban J connectivity index is -0.000000105. The van der Waals surface area contributed by atoms with E-state index in [1.807, 2.05) is 0 Å². The molecule has 0 heterocycles. The van der Waals surface area contributed by atoms with Crippen molar-refractivity contribution in [2.45, 2.75) is 0 Å². The molecular weight excluding hydrogens is 350 g/mol. The number of carboxylic acid groups (broad SMARTS) is 4. The van der Waals surface area contributed by atoms with Gasteiger partial charge in [-0.2, -0.15) is 0 Å². The van der Waals surface area contributed by atoms with Crippen LogP contribution in [0.15, 0.2) is 0 Å². The molecule has 0 aliphatic carbocycles. The van der Waals surface area contributed by atoms with Crippen molar-refractivity contribution in [3.05, 3.63) is 0 Å². The monoisotopic (exact) mass is 367 g/mol. The first-order valence-electron chi connectivity index (χ1n) is 4.69. The summed E-state index contributed by atoms with van der Waals surface area (Å²) in [6, 6.07) is 0. The number of hydrogen-bond acceptors (Lipinski definition) is 4. The molecule has 0 spiro atoms. The Kier molecular flexibility index (Phi) is 32.2.